The number of ether oxygens (including phenoxy) is 1. The van der Waals surface area contributed by atoms with Crippen molar-refractivity contribution in [3.63, 3.8) is 0 Å². The maximum absolute atomic E-state index is 12.8. The second kappa shape index (κ2) is 10.9. The van der Waals surface area contributed by atoms with E-state index in [2.05, 4.69) is 20.9 Å². The predicted molar refractivity (Wildman–Crippen MR) is 130 cm³/mol. The van der Waals surface area contributed by atoms with Gasteiger partial charge in [-0.3, -0.25) is 19.8 Å². The summed E-state index contributed by atoms with van der Waals surface area (Å²) in [6.07, 6.45) is 9.63. The highest BCUT2D eigenvalue weighted by atomic mass is 16.5. The zero-order valence-corrected chi connectivity index (χ0v) is 21.2. The van der Waals surface area contributed by atoms with Crippen LogP contribution < -0.4 is 16.0 Å². The molecule has 1 heterocycles. The average molecular weight is 477 g/mol. The molecule has 4 amide bonds. The molecule has 1 saturated heterocycles. The molecule has 3 N–H and O–H groups in total. The number of nitrogens with zero attached hydrogens (tertiary/aromatic N) is 1. The van der Waals surface area contributed by atoms with Crippen LogP contribution in [-0.4, -0.2) is 66.7 Å². The summed E-state index contributed by atoms with van der Waals surface area (Å²) in [4.78, 5) is 40.1. The van der Waals surface area contributed by atoms with Crippen LogP contribution in [0.4, 0.5) is 4.79 Å². The number of likely N-dealkylation sites (tertiary alicyclic amines) is 1. The number of rotatable bonds is 9. The third-order valence-electron chi connectivity index (χ3n) is 8.55. The van der Waals surface area contributed by atoms with Crippen LogP contribution in [-0.2, 0) is 14.3 Å². The minimum absolute atomic E-state index is 0.0167. The summed E-state index contributed by atoms with van der Waals surface area (Å²) in [7, 11) is 0. The van der Waals surface area contributed by atoms with Crippen molar-refractivity contribution in [2.75, 3.05) is 26.2 Å². The first-order valence-electron chi connectivity index (χ1n) is 13.5. The molecule has 4 aliphatic carbocycles. The number of hydrogen-bond acceptors (Lipinski definition) is 5. The summed E-state index contributed by atoms with van der Waals surface area (Å²) in [5, 5.41) is 8.84. The molecule has 4 saturated carbocycles. The van der Waals surface area contributed by atoms with E-state index in [-0.39, 0.29) is 41.4 Å². The standard InChI is InChI=1S/C26H44N4O4/c1-17(2)34-10-4-7-27-24(32)22-5-8-30(9-6-22)18(3)23(31)28-25(33)29-26-14-19-11-20(15-26)13-21(12-19)16-26/h17-22H,4-16H2,1-3H3,(H,27,32)(H2,28,29,31,33). The smallest absolute Gasteiger partial charge is 0.321 e. The largest absolute Gasteiger partial charge is 0.379 e. The van der Waals surface area contributed by atoms with Crippen molar-refractivity contribution in [1.29, 1.82) is 0 Å². The maximum Gasteiger partial charge on any atom is 0.321 e. The summed E-state index contributed by atoms with van der Waals surface area (Å²) >= 11 is 0. The van der Waals surface area contributed by atoms with E-state index in [1.54, 1.807) is 0 Å². The van der Waals surface area contributed by atoms with Crippen molar-refractivity contribution in [2.24, 2.45) is 23.7 Å². The number of piperidine rings is 1. The van der Waals surface area contributed by atoms with Crippen molar-refractivity contribution in [2.45, 2.75) is 96.2 Å². The Balaban J connectivity index is 1.15. The van der Waals surface area contributed by atoms with Crippen LogP contribution in [0.1, 0.15) is 78.6 Å². The second-order valence-corrected chi connectivity index (χ2v) is 11.7. The lowest BCUT2D eigenvalue weighted by Gasteiger charge is -2.56. The summed E-state index contributed by atoms with van der Waals surface area (Å²) in [6.45, 7) is 8.50. The third-order valence-corrected chi connectivity index (χ3v) is 8.55. The minimum Gasteiger partial charge on any atom is -0.379 e. The highest BCUT2D eigenvalue weighted by Crippen LogP contribution is 2.55. The number of carbonyl (C=O) groups is 3. The van der Waals surface area contributed by atoms with E-state index in [0.29, 0.717) is 26.2 Å². The molecular formula is C26H44N4O4. The Morgan fingerprint density at radius 1 is 0.971 bits per heavy atom. The quantitative estimate of drug-likeness (QED) is 0.445. The molecule has 192 valence electrons. The van der Waals surface area contributed by atoms with E-state index >= 15 is 0 Å². The van der Waals surface area contributed by atoms with E-state index in [1.807, 2.05) is 20.8 Å². The molecule has 0 spiro atoms. The SMILES string of the molecule is CC(C)OCCCNC(=O)C1CCN(C(C)C(=O)NC(=O)NC23CC4CC(CC(C4)C2)C3)CC1. The van der Waals surface area contributed by atoms with Crippen molar-refractivity contribution < 1.29 is 19.1 Å². The van der Waals surface area contributed by atoms with Crippen molar-refractivity contribution >= 4 is 17.8 Å². The van der Waals surface area contributed by atoms with Crippen LogP contribution in [0.2, 0.25) is 0 Å². The van der Waals surface area contributed by atoms with Gasteiger partial charge in [-0.15, -0.1) is 0 Å². The molecule has 1 unspecified atom stereocenters. The number of imide groups is 1. The molecule has 34 heavy (non-hydrogen) atoms. The molecule has 4 bridgehead atoms. The van der Waals surface area contributed by atoms with Gasteiger partial charge in [0.15, 0.2) is 0 Å². The molecule has 1 aliphatic heterocycles. The van der Waals surface area contributed by atoms with Crippen LogP contribution in [0.5, 0.6) is 0 Å². The van der Waals surface area contributed by atoms with E-state index in [9.17, 15) is 14.4 Å². The Bertz CT molecular complexity index is 712. The number of urea groups is 1. The summed E-state index contributed by atoms with van der Waals surface area (Å²) in [5.41, 5.74) is -0.102. The number of nitrogens with one attached hydrogen (secondary N) is 3. The van der Waals surface area contributed by atoms with Gasteiger partial charge in [-0.2, -0.15) is 0 Å². The molecule has 0 aromatic heterocycles. The highest BCUT2D eigenvalue weighted by Gasteiger charge is 2.51. The van der Waals surface area contributed by atoms with Crippen molar-refractivity contribution in [3.05, 3.63) is 0 Å². The van der Waals surface area contributed by atoms with E-state index < -0.39 is 0 Å². The monoisotopic (exact) mass is 476 g/mol. The van der Waals surface area contributed by atoms with Crippen LogP contribution in [0.3, 0.4) is 0 Å². The predicted octanol–water partition coefficient (Wildman–Crippen LogP) is 2.81. The lowest BCUT2D eigenvalue weighted by Crippen LogP contribution is -2.62. The Morgan fingerprint density at radius 2 is 1.56 bits per heavy atom. The number of hydrogen-bond donors (Lipinski definition) is 3. The maximum atomic E-state index is 12.8. The Kier molecular flexibility index (Phi) is 8.18. The fourth-order valence-electron chi connectivity index (χ4n) is 7.21. The fraction of sp³-hybridized carbons (Fsp3) is 0.885. The van der Waals surface area contributed by atoms with Gasteiger partial charge in [0.05, 0.1) is 12.1 Å². The first-order chi connectivity index (χ1) is 16.2. The van der Waals surface area contributed by atoms with Crippen LogP contribution in [0.25, 0.3) is 0 Å². The molecule has 1 atom stereocenters. The molecule has 5 aliphatic rings. The van der Waals surface area contributed by atoms with Gasteiger partial charge in [0, 0.05) is 24.6 Å². The average Bonchev–Trinajstić information content (AvgIpc) is 2.76. The number of carbonyl (C=O) groups excluding carboxylic acids is 3. The molecule has 0 radical (unpaired) electrons. The lowest BCUT2D eigenvalue weighted by atomic mass is 9.53. The third kappa shape index (κ3) is 6.30. The van der Waals surface area contributed by atoms with E-state index in [0.717, 1.165) is 56.3 Å². The first kappa shape index (κ1) is 25.4. The second-order valence-electron chi connectivity index (χ2n) is 11.7. The summed E-state index contributed by atoms with van der Waals surface area (Å²) in [6, 6.07) is -0.728. The molecule has 0 aromatic rings. The zero-order chi connectivity index (χ0) is 24.3. The van der Waals surface area contributed by atoms with Gasteiger partial charge >= 0.3 is 6.03 Å². The Hall–Kier alpha value is -1.67. The molecule has 8 nitrogen and oxygen atoms in total. The van der Waals surface area contributed by atoms with Gasteiger partial charge in [-0.25, -0.2) is 4.79 Å². The molecule has 8 heteroatoms. The highest BCUT2D eigenvalue weighted by molar-refractivity contribution is 5.97. The zero-order valence-electron chi connectivity index (χ0n) is 21.2. The Labute approximate surface area is 204 Å². The van der Waals surface area contributed by atoms with E-state index in [1.165, 1.54) is 19.3 Å². The Morgan fingerprint density at radius 3 is 2.12 bits per heavy atom. The minimum atomic E-state index is -0.390. The van der Waals surface area contributed by atoms with E-state index in [4.69, 9.17) is 4.74 Å². The molecular weight excluding hydrogens is 432 g/mol. The van der Waals surface area contributed by atoms with Crippen LogP contribution >= 0.6 is 0 Å². The molecule has 5 rings (SSSR count). The van der Waals surface area contributed by atoms with Gasteiger partial charge in [-0.05, 0) is 109 Å². The fourth-order valence-corrected chi connectivity index (χ4v) is 7.21. The normalized spacial score (nSPS) is 31.9. The van der Waals surface area contributed by atoms with Crippen molar-refractivity contribution in [1.82, 2.24) is 20.9 Å². The summed E-state index contributed by atoms with van der Waals surface area (Å²) in [5.74, 6) is 2.05. The first-order valence-corrected chi connectivity index (χ1v) is 13.5. The topological polar surface area (TPSA) is 99.8 Å². The molecule has 0 aromatic carbocycles. The van der Waals surface area contributed by atoms with Gasteiger partial charge < -0.3 is 15.4 Å². The number of amides is 4. The van der Waals surface area contributed by atoms with Gasteiger partial charge in [-0.1, -0.05) is 0 Å². The van der Waals surface area contributed by atoms with Crippen LogP contribution in [0.15, 0.2) is 0 Å². The molecule has 5 fully saturated rings. The summed E-state index contributed by atoms with van der Waals surface area (Å²) < 4.78 is 5.50. The van der Waals surface area contributed by atoms with Crippen LogP contribution in [0, 0.1) is 23.7 Å². The van der Waals surface area contributed by atoms with Crippen molar-refractivity contribution in [3.8, 4) is 0 Å². The van der Waals surface area contributed by atoms with Gasteiger partial charge in [0.1, 0.15) is 0 Å². The van der Waals surface area contributed by atoms with Gasteiger partial charge in [0.25, 0.3) is 0 Å². The van der Waals surface area contributed by atoms with Gasteiger partial charge in [0.2, 0.25) is 11.8 Å². The lowest BCUT2D eigenvalue weighted by molar-refractivity contribution is -0.128.